The molecular weight excluding hydrogens is 431 g/mol. The first-order valence-electron chi connectivity index (χ1n) is 11.4. The number of nitrogens with one attached hydrogen (secondary N) is 1. The monoisotopic (exact) mass is 456 g/mol. The number of hydrogen-bond acceptors (Lipinski definition) is 4. The number of carbonyl (C=O) groups is 1. The Balaban J connectivity index is 1.58. The van der Waals surface area contributed by atoms with E-state index in [9.17, 15) is 14.0 Å². The highest BCUT2D eigenvalue weighted by molar-refractivity contribution is 6.06. The van der Waals surface area contributed by atoms with Crippen molar-refractivity contribution in [2.45, 2.75) is 26.7 Å². The molecule has 0 radical (unpaired) electrons. The minimum absolute atomic E-state index is 0.170. The van der Waals surface area contributed by atoms with Gasteiger partial charge in [0.2, 0.25) is 5.95 Å². The van der Waals surface area contributed by atoms with Crippen LogP contribution in [0.1, 0.15) is 34.3 Å². The fraction of sp³-hybridized carbons (Fsp3) is 0.222. The molecule has 7 heteroatoms. The third-order valence-electron chi connectivity index (χ3n) is 6.21. The van der Waals surface area contributed by atoms with Crippen LogP contribution in [0.3, 0.4) is 0 Å². The summed E-state index contributed by atoms with van der Waals surface area (Å²) < 4.78 is 15.2. The SMILES string of the molecule is Cc1ccc(-n2c(N3CCCC3)nc3cc(C(=O)Nc4ccc(F)c(C)c4)ccc3c2=O)cc1. The number of anilines is 2. The summed E-state index contributed by atoms with van der Waals surface area (Å²) >= 11 is 0. The molecule has 34 heavy (non-hydrogen) atoms. The van der Waals surface area contributed by atoms with Gasteiger partial charge in [0.25, 0.3) is 11.5 Å². The quantitative estimate of drug-likeness (QED) is 0.470. The Morgan fingerprint density at radius 3 is 2.41 bits per heavy atom. The molecule has 1 fully saturated rings. The number of aromatic nitrogens is 2. The Labute approximate surface area is 196 Å². The van der Waals surface area contributed by atoms with Gasteiger partial charge in [0.15, 0.2) is 0 Å². The summed E-state index contributed by atoms with van der Waals surface area (Å²) in [6.45, 7) is 5.30. The van der Waals surface area contributed by atoms with Crippen molar-refractivity contribution >= 4 is 28.4 Å². The van der Waals surface area contributed by atoms with Crippen LogP contribution in [0.4, 0.5) is 16.0 Å². The van der Waals surface area contributed by atoms with E-state index in [-0.39, 0.29) is 17.3 Å². The van der Waals surface area contributed by atoms with Gasteiger partial charge in [-0.15, -0.1) is 0 Å². The molecule has 0 unspecified atom stereocenters. The van der Waals surface area contributed by atoms with Crippen molar-refractivity contribution in [3.8, 4) is 5.69 Å². The molecule has 6 nitrogen and oxygen atoms in total. The van der Waals surface area contributed by atoms with Crippen molar-refractivity contribution in [3.05, 3.63) is 93.5 Å². The van der Waals surface area contributed by atoms with Gasteiger partial charge in [-0.05, 0) is 80.8 Å². The van der Waals surface area contributed by atoms with E-state index in [1.165, 1.54) is 12.1 Å². The number of carbonyl (C=O) groups excluding carboxylic acids is 1. The second-order valence-corrected chi connectivity index (χ2v) is 8.73. The molecule has 1 aromatic heterocycles. The van der Waals surface area contributed by atoms with E-state index in [2.05, 4.69) is 10.2 Å². The number of aryl methyl sites for hydroxylation is 2. The molecule has 0 spiro atoms. The van der Waals surface area contributed by atoms with E-state index < -0.39 is 0 Å². The highest BCUT2D eigenvalue weighted by atomic mass is 19.1. The van der Waals surface area contributed by atoms with Crippen LogP contribution in [-0.4, -0.2) is 28.5 Å². The summed E-state index contributed by atoms with van der Waals surface area (Å²) in [7, 11) is 0. The Bertz CT molecular complexity index is 1450. The van der Waals surface area contributed by atoms with E-state index in [0.717, 1.165) is 37.2 Å². The van der Waals surface area contributed by atoms with Gasteiger partial charge in [-0.2, -0.15) is 0 Å². The molecule has 4 aromatic rings. The number of hydrogen-bond donors (Lipinski definition) is 1. The molecule has 1 saturated heterocycles. The number of amides is 1. The van der Waals surface area contributed by atoms with Crippen LogP contribution in [0.15, 0.2) is 65.5 Å². The minimum Gasteiger partial charge on any atom is -0.342 e. The summed E-state index contributed by atoms with van der Waals surface area (Å²) in [5.74, 6) is -0.0853. The maximum absolute atomic E-state index is 13.6. The van der Waals surface area contributed by atoms with Gasteiger partial charge in [-0.3, -0.25) is 9.59 Å². The Morgan fingerprint density at radius 1 is 0.971 bits per heavy atom. The smallest absolute Gasteiger partial charge is 0.267 e. The number of rotatable bonds is 4. The van der Waals surface area contributed by atoms with Crippen molar-refractivity contribution in [2.24, 2.45) is 0 Å². The first kappa shape index (κ1) is 21.8. The lowest BCUT2D eigenvalue weighted by Gasteiger charge is -2.22. The molecule has 2 heterocycles. The van der Waals surface area contributed by atoms with Crippen LogP contribution >= 0.6 is 0 Å². The predicted octanol–water partition coefficient (Wildman–Crippen LogP) is 4.99. The van der Waals surface area contributed by atoms with Gasteiger partial charge in [0.1, 0.15) is 5.82 Å². The third-order valence-corrected chi connectivity index (χ3v) is 6.21. The predicted molar refractivity (Wildman–Crippen MR) is 133 cm³/mol. The van der Waals surface area contributed by atoms with Gasteiger partial charge in [-0.1, -0.05) is 17.7 Å². The highest BCUT2D eigenvalue weighted by Crippen LogP contribution is 2.24. The highest BCUT2D eigenvalue weighted by Gasteiger charge is 2.22. The lowest BCUT2D eigenvalue weighted by Crippen LogP contribution is -2.30. The maximum atomic E-state index is 13.6. The average molecular weight is 457 g/mol. The number of nitrogens with zero attached hydrogens (tertiary/aromatic N) is 3. The Morgan fingerprint density at radius 2 is 1.71 bits per heavy atom. The zero-order valence-corrected chi connectivity index (χ0v) is 19.1. The Hall–Kier alpha value is -4.00. The number of fused-ring (bicyclic) bond motifs is 1. The van der Waals surface area contributed by atoms with Gasteiger partial charge in [0.05, 0.1) is 16.6 Å². The van der Waals surface area contributed by atoms with E-state index in [4.69, 9.17) is 4.98 Å². The van der Waals surface area contributed by atoms with Crippen molar-refractivity contribution < 1.29 is 9.18 Å². The summed E-state index contributed by atoms with van der Waals surface area (Å²) in [6, 6.07) is 17.1. The van der Waals surface area contributed by atoms with E-state index in [0.29, 0.717) is 33.7 Å². The normalized spacial score (nSPS) is 13.4. The molecule has 5 rings (SSSR count). The van der Waals surface area contributed by atoms with Gasteiger partial charge < -0.3 is 10.2 Å². The zero-order chi connectivity index (χ0) is 23.8. The standard InChI is InChI=1S/C27H25FN4O2/c1-17-5-9-21(10-6-17)32-26(34)22-11-7-19(16-24(22)30-27(32)31-13-3-4-14-31)25(33)29-20-8-12-23(28)18(2)15-20/h5-12,15-16H,3-4,13-14H2,1-2H3,(H,29,33). The van der Waals surface area contributed by atoms with Gasteiger partial charge in [0, 0.05) is 24.3 Å². The summed E-state index contributed by atoms with van der Waals surface area (Å²) in [5.41, 5.74) is 3.51. The summed E-state index contributed by atoms with van der Waals surface area (Å²) in [4.78, 5) is 33.4. The molecule has 1 amide bonds. The fourth-order valence-corrected chi connectivity index (χ4v) is 4.30. The minimum atomic E-state index is -0.347. The van der Waals surface area contributed by atoms with Crippen LogP contribution < -0.4 is 15.8 Å². The van der Waals surface area contributed by atoms with Crippen molar-refractivity contribution in [1.29, 1.82) is 0 Å². The molecule has 172 valence electrons. The Kier molecular flexibility index (Phi) is 5.61. The van der Waals surface area contributed by atoms with Crippen molar-refractivity contribution in [3.63, 3.8) is 0 Å². The first-order chi connectivity index (χ1) is 16.4. The van der Waals surface area contributed by atoms with Crippen LogP contribution in [0, 0.1) is 19.7 Å². The molecule has 0 bridgehead atoms. The van der Waals surface area contributed by atoms with Crippen molar-refractivity contribution in [2.75, 3.05) is 23.3 Å². The lowest BCUT2D eigenvalue weighted by atomic mass is 10.1. The topological polar surface area (TPSA) is 67.2 Å². The van der Waals surface area contributed by atoms with Crippen LogP contribution in [0.2, 0.25) is 0 Å². The molecule has 0 atom stereocenters. The summed E-state index contributed by atoms with van der Waals surface area (Å²) in [5, 5.41) is 3.23. The first-order valence-corrected chi connectivity index (χ1v) is 11.4. The molecule has 1 N–H and O–H groups in total. The average Bonchev–Trinajstić information content (AvgIpc) is 3.37. The summed E-state index contributed by atoms with van der Waals surface area (Å²) in [6.07, 6.45) is 2.09. The van der Waals surface area contributed by atoms with Crippen LogP contribution in [-0.2, 0) is 0 Å². The molecule has 3 aromatic carbocycles. The second kappa shape index (κ2) is 8.74. The molecule has 0 aliphatic carbocycles. The number of halogens is 1. The molecular formula is C27H25FN4O2. The van der Waals surface area contributed by atoms with E-state index >= 15 is 0 Å². The second-order valence-electron chi connectivity index (χ2n) is 8.73. The molecule has 0 saturated carbocycles. The zero-order valence-electron chi connectivity index (χ0n) is 19.1. The third kappa shape index (κ3) is 4.05. The van der Waals surface area contributed by atoms with Crippen molar-refractivity contribution in [1.82, 2.24) is 9.55 Å². The maximum Gasteiger partial charge on any atom is 0.267 e. The molecule has 1 aliphatic heterocycles. The fourth-order valence-electron chi connectivity index (χ4n) is 4.30. The largest absolute Gasteiger partial charge is 0.342 e. The van der Waals surface area contributed by atoms with Crippen LogP contribution in [0.5, 0.6) is 0 Å². The van der Waals surface area contributed by atoms with E-state index in [1.807, 2.05) is 31.2 Å². The van der Waals surface area contributed by atoms with Crippen LogP contribution in [0.25, 0.3) is 16.6 Å². The van der Waals surface area contributed by atoms with Gasteiger partial charge >= 0.3 is 0 Å². The number of benzene rings is 3. The lowest BCUT2D eigenvalue weighted by molar-refractivity contribution is 0.102. The molecule has 1 aliphatic rings. The van der Waals surface area contributed by atoms with E-state index in [1.54, 1.807) is 35.8 Å². The van der Waals surface area contributed by atoms with Gasteiger partial charge in [-0.25, -0.2) is 13.9 Å².